The lowest BCUT2D eigenvalue weighted by Crippen LogP contribution is -2.27. The summed E-state index contributed by atoms with van der Waals surface area (Å²) in [5.41, 5.74) is 5.72. The lowest BCUT2D eigenvalue weighted by atomic mass is 9.93. The Morgan fingerprint density at radius 3 is 1.66 bits per heavy atom. The van der Waals surface area contributed by atoms with Crippen molar-refractivity contribution in [2.75, 3.05) is 52.0 Å². The normalized spacial score (nSPS) is 14.3. The van der Waals surface area contributed by atoms with Crippen LogP contribution in [0.3, 0.4) is 0 Å². The van der Waals surface area contributed by atoms with E-state index in [0.717, 1.165) is 66.4 Å². The van der Waals surface area contributed by atoms with Gasteiger partial charge in [0.15, 0.2) is 0 Å². The van der Waals surface area contributed by atoms with E-state index in [1.165, 1.54) is 24.3 Å². The van der Waals surface area contributed by atoms with Crippen molar-refractivity contribution in [1.82, 2.24) is 9.80 Å². The highest BCUT2D eigenvalue weighted by Gasteiger charge is 2.36. The molecule has 0 spiro atoms. The molecular weight excluding hydrogens is 789 g/mol. The van der Waals surface area contributed by atoms with Crippen LogP contribution in [0, 0.1) is 0 Å². The minimum Gasteiger partial charge on any atom is -0.496 e. The van der Waals surface area contributed by atoms with Gasteiger partial charge in [-0.25, -0.2) is 0 Å². The summed E-state index contributed by atoms with van der Waals surface area (Å²) >= 11 is 3.49. The molecule has 4 aromatic carbocycles. The number of carbonyl (C=O) groups excluding carboxylic acids is 2. The topological polar surface area (TPSA) is 92.4 Å². The van der Waals surface area contributed by atoms with E-state index < -0.39 is 17.6 Å². The van der Waals surface area contributed by atoms with E-state index in [1.807, 2.05) is 45.2 Å². The van der Waals surface area contributed by atoms with E-state index in [9.17, 15) is 22.8 Å². The van der Waals surface area contributed by atoms with Crippen molar-refractivity contribution in [3.05, 3.63) is 110 Å². The first-order valence-corrected chi connectivity index (χ1v) is 19.3. The van der Waals surface area contributed by atoms with Crippen LogP contribution in [0.2, 0.25) is 0 Å². The molecule has 2 aliphatic heterocycles. The number of nitrogens with one attached hydrogen (secondary N) is 2. The predicted molar refractivity (Wildman–Crippen MR) is 217 cm³/mol. The number of fused-ring (bicyclic) bond motifs is 2. The molecule has 0 unspecified atom stereocenters. The minimum atomic E-state index is -4.56. The van der Waals surface area contributed by atoms with Gasteiger partial charge in [0.25, 0.3) is 11.8 Å². The van der Waals surface area contributed by atoms with Gasteiger partial charge in [0.1, 0.15) is 17.2 Å². The van der Waals surface area contributed by atoms with Crippen LogP contribution in [0.15, 0.2) is 65.1 Å². The summed E-state index contributed by atoms with van der Waals surface area (Å²) in [6.07, 6.45) is -2.85. The first-order chi connectivity index (χ1) is 26.5. The zero-order chi connectivity index (χ0) is 40.9. The molecule has 2 N–H and O–H groups in total. The van der Waals surface area contributed by atoms with Gasteiger partial charge in [0.2, 0.25) is 0 Å². The Kier molecular flexibility index (Phi) is 13.8. The van der Waals surface area contributed by atoms with Crippen molar-refractivity contribution in [3.8, 4) is 17.2 Å². The van der Waals surface area contributed by atoms with Crippen molar-refractivity contribution < 1.29 is 37.0 Å². The third-order valence-corrected chi connectivity index (χ3v) is 10.4. The summed E-state index contributed by atoms with van der Waals surface area (Å²) < 4.78 is 58.0. The maximum atomic E-state index is 13.6. The summed E-state index contributed by atoms with van der Waals surface area (Å²) in [7, 11) is 7.04. The highest BCUT2D eigenvalue weighted by molar-refractivity contribution is 9.10. The van der Waals surface area contributed by atoms with Crippen molar-refractivity contribution >= 4 is 39.1 Å². The molecule has 2 aliphatic rings. The van der Waals surface area contributed by atoms with Crippen LogP contribution in [-0.2, 0) is 32.1 Å². The average Bonchev–Trinajstić information content (AvgIpc) is 3.14. The zero-order valence-corrected chi connectivity index (χ0v) is 34.7. The van der Waals surface area contributed by atoms with Gasteiger partial charge in [-0.2, -0.15) is 13.2 Å². The number of nitrogens with zero attached hydrogens (tertiary/aromatic N) is 2. The van der Waals surface area contributed by atoms with E-state index in [4.69, 9.17) is 14.2 Å². The van der Waals surface area contributed by atoms with Gasteiger partial charge in [-0.1, -0.05) is 38.1 Å². The number of alkyl halides is 3. The average molecular weight is 840 g/mol. The number of hydrogen-bond acceptors (Lipinski definition) is 7. The van der Waals surface area contributed by atoms with Gasteiger partial charge in [-0.05, 0) is 121 Å². The van der Waals surface area contributed by atoms with Gasteiger partial charge in [-0.3, -0.25) is 9.59 Å². The summed E-state index contributed by atoms with van der Waals surface area (Å²) in [6.45, 7) is 10.8. The highest BCUT2D eigenvalue weighted by atomic mass is 79.9. The second-order valence-corrected chi connectivity index (χ2v) is 15.6. The van der Waals surface area contributed by atoms with Gasteiger partial charge in [-0.15, -0.1) is 0 Å². The molecule has 13 heteroatoms. The first kappa shape index (κ1) is 42.6. The van der Waals surface area contributed by atoms with Crippen molar-refractivity contribution in [2.45, 2.75) is 71.8 Å². The lowest BCUT2D eigenvalue weighted by Gasteiger charge is -2.27. The van der Waals surface area contributed by atoms with Crippen LogP contribution in [0.4, 0.5) is 24.5 Å². The van der Waals surface area contributed by atoms with E-state index in [0.29, 0.717) is 22.7 Å². The number of ether oxygens (including phenoxy) is 3. The van der Waals surface area contributed by atoms with Gasteiger partial charge < -0.3 is 34.6 Å². The molecule has 9 nitrogen and oxygen atoms in total. The number of anilines is 2. The Labute approximate surface area is 335 Å². The number of hydrogen-bond donors (Lipinski definition) is 2. The molecule has 56 heavy (non-hydrogen) atoms. The van der Waals surface area contributed by atoms with Gasteiger partial charge in [0.05, 0.1) is 41.5 Å². The van der Waals surface area contributed by atoms with Crippen LogP contribution >= 0.6 is 15.9 Å². The van der Waals surface area contributed by atoms with Crippen LogP contribution in [-0.4, -0.2) is 69.1 Å². The molecule has 0 aliphatic carbocycles. The Bertz CT molecular complexity index is 2070. The maximum absolute atomic E-state index is 13.6. The standard InChI is InChI=1S/C22H25F3N2O2.C21H25BrN2O3/c1-13(2)16-11-20(29-4)17(10-18(16)22(23,24)25)21(28)26-19-7-5-6-14-12-27(3)9-8-15(14)19;1-13(2)27-20-11-19(26-4)16(10-17(20)22)21(25)23-18-7-5-6-14-12-24(3)9-8-15(14)18/h5-7,10-11,13H,8-9,12H2,1-4H3,(H,26,28);5-7,10-11,13H,8-9,12H2,1-4H3,(H,23,25). The molecule has 0 saturated carbocycles. The summed E-state index contributed by atoms with van der Waals surface area (Å²) in [5.74, 6) is 0.0832. The fourth-order valence-electron chi connectivity index (χ4n) is 7.00. The summed E-state index contributed by atoms with van der Waals surface area (Å²) in [4.78, 5) is 30.4. The van der Waals surface area contributed by atoms with Gasteiger partial charge >= 0.3 is 6.18 Å². The molecule has 0 aromatic heterocycles. The molecule has 2 amide bonds. The second kappa shape index (κ2) is 18.1. The molecule has 0 radical (unpaired) electrons. The molecule has 4 aromatic rings. The number of methoxy groups -OCH3 is 2. The SMILES string of the molecule is COc1cc(C(C)C)c(C(F)(F)F)cc1C(=O)Nc1cccc2c1CCN(C)C2.COc1cc(OC(C)C)c(Br)cc1C(=O)Nc1cccc2c1CCN(C)C2. The smallest absolute Gasteiger partial charge is 0.416 e. The first-order valence-electron chi connectivity index (χ1n) is 18.5. The van der Waals surface area contributed by atoms with E-state index in [2.05, 4.69) is 49.5 Å². The third kappa shape index (κ3) is 10.0. The minimum absolute atomic E-state index is 0.0275. The summed E-state index contributed by atoms with van der Waals surface area (Å²) in [5, 5.41) is 5.86. The second-order valence-electron chi connectivity index (χ2n) is 14.7. The van der Waals surface area contributed by atoms with Crippen LogP contribution < -0.4 is 24.8 Å². The number of benzene rings is 4. The lowest BCUT2D eigenvalue weighted by molar-refractivity contribution is -0.138. The third-order valence-electron chi connectivity index (χ3n) is 9.82. The number of rotatable bonds is 9. The van der Waals surface area contributed by atoms with Crippen molar-refractivity contribution in [1.29, 1.82) is 0 Å². The zero-order valence-electron chi connectivity index (χ0n) is 33.1. The Morgan fingerprint density at radius 2 is 1.21 bits per heavy atom. The Hall–Kier alpha value is -4.59. The van der Waals surface area contributed by atoms with Crippen LogP contribution in [0.1, 0.15) is 87.7 Å². The number of amides is 2. The number of halogens is 4. The Balaban J connectivity index is 0.000000215. The monoisotopic (exact) mass is 838 g/mol. The number of likely N-dealkylation sites (N-methyl/N-ethyl adjacent to an activating group) is 2. The van der Waals surface area contributed by atoms with Crippen molar-refractivity contribution in [3.63, 3.8) is 0 Å². The molecule has 0 atom stereocenters. The molecule has 2 heterocycles. The number of carbonyl (C=O) groups is 2. The molecule has 0 fully saturated rings. The molecule has 6 rings (SSSR count). The van der Waals surface area contributed by atoms with Crippen LogP contribution in [0.5, 0.6) is 17.2 Å². The van der Waals surface area contributed by atoms with E-state index in [1.54, 1.807) is 39.2 Å². The quantitative estimate of drug-likeness (QED) is 0.174. The highest BCUT2D eigenvalue weighted by Crippen LogP contribution is 2.40. The Morgan fingerprint density at radius 1 is 0.732 bits per heavy atom. The predicted octanol–water partition coefficient (Wildman–Crippen LogP) is 9.56. The molecule has 0 saturated heterocycles. The fraction of sp³-hybridized carbons (Fsp3) is 0.395. The van der Waals surface area contributed by atoms with Gasteiger partial charge in [0, 0.05) is 43.6 Å². The summed E-state index contributed by atoms with van der Waals surface area (Å²) in [6, 6.07) is 17.4. The van der Waals surface area contributed by atoms with Crippen LogP contribution in [0.25, 0.3) is 0 Å². The fourth-order valence-corrected chi connectivity index (χ4v) is 7.44. The van der Waals surface area contributed by atoms with E-state index in [-0.39, 0.29) is 34.8 Å². The molecular formula is C43H50BrF3N4O5. The largest absolute Gasteiger partial charge is 0.496 e. The van der Waals surface area contributed by atoms with E-state index >= 15 is 0 Å². The maximum Gasteiger partial charge on any atom is 0.416 e. The molecule has 0 bridgehead atoms. The molecule has 300 valence electrons. The van der Waals surface area contributed by atoms with Crippen molar-refractivity contribution in [2.24, 2.45) is 0 Å².